The topological polar surface area (TPSA) is 190 Å². The largest absolute Gasteiger partial charge is 0.480 e. The van der Waals surface area contributed by atoms with E-state index in [0.717, 1.165) is 0 Å². The van der Waals surface area contributed by atoms with Crippen molar-refractivity contribution in [3.05, 3.63) is 0 Å². The molecule has 10 nitrogen and oxygen atoms in total. The van der Waals surface area contributed by atoms with Gasteiger partial charge in [0.1, 0.15) is 6.04 Å². The maximum atomic E-state index is 10.9. The van der Waals surface area contributed by atoms with Gasteiger partial charge in [-0.25, -0.2) is 0 Å². The average molecular weight is 348 g/mol. The first-order chi connectivity index (χ1) is 9.41. The summed E-state index contributed by atoms with van der Waals surface area (Å²) in [5.41, 5.74) is 5.30. The summed E-state index contributed by atoms with van der Waals surface area (Å²) in [4.78, 5) is 45.9. The number of rotatable bonds is 11. The summed E-state index contributed by atoms with van der Waals surface area (Å²) in [7, 11) is -8.79. The van der Waals surface area contributed by atoms with E-state index in [0.29, 0.717) is 12.8 Å². The number of carboxylic acid groups (broad SMARTS) is 1. The number of nitrogens with one attached hydrogen (secondary N) is 1. The van der Waals surface area contributed by atoms with Gasteiger partial charge in [0.25, 0.3) is 0 Å². The van der Waals surface area contributed by atoms with Gasteiger partial charge in [0.2, 0.25) is 0 Å². The molecule has 0 aliphatic rings. The quantitative estimate of drug-likeness (QED) is 0.178. The van der Waals surface area contributed by atoms with Gasteiger partial charge >= 0.3 is 21.2 Å². The summed E-state index contributed by atoms with van der Waals surface area (Å²) in [6.45, 7) is 0.247. The van der Waals surface area contributed by atoms with Crippen LogP contribution in [0.5, 0.6) is 0 Å². The van der Waals surface area contributed by atoms with Gasteiger partial charge in [0.15, 0.2) is 0 Å². The summed E-state index contributed by atoms with van der Waals surface area (Å²) in [6.07, 6.45) is -0.156. The molecule has 0 aromatic heterocycles. The van der Waals surface area contributed by atoms with Crippen LogP contribution >= 0.6 is 15.2 Å². The van der Waals surface area contributed by atoms with E-state index in [2.05, 4.69) is 5.32 Å². The molecule has 0 aliphatic carbocycles. The van der Waals surface area contributed by atoms with E-state index in [4.69, 9.17) is 30.4 Å². The molecule has 0 radical (unpaired) electrons. The maximum Gasteiger partial charge on any atom is 0.327 e. The van der Waals surface area contributed by atoms with Crippen molar-refractivity contribution in [2.75, 3.05) is 18.9 Å². The highest BCUT2D eigenvalue weighted by Gasteiger charge is 2.27. The minimum absolute atomic E-state index is 0.247. The minimum Gasteiger partial charge on any atom is -0.480 e. The Labute approximate surface area is 122 Å². The van der Waals surface area contributed by atoms with Crippen molar-refractivity contribution in [2.45, 2.75) is 31.3 Å². The maximum absolute atomic E-state index is 10.9. The summed E-state index contributed by atoms with van der Waals surface area (Å²) in [5, 5.41) is 11.2. The zero-order valence-corrected chi connectivity index (χ0v) is 13.1. The summed E-state index contributed by atoms with van der Waals surface area (Å²) < 4.78 is 21.8. The lowest BCUT2D eigenvalue weighted by molar-refractivity contribution is -0.138. The number of carbonyl (C=O) groups is 1. The van der Waals surface area contributed by atoms with Gasteiger partial charge in [-0.1, -0.05) is 6.42 Å². The Morgan fingerprint density at radius 2 is 1.52 bits per heavy atom. The van der Waals surface area contributed by atoms with E-state index < -0.39 is 45.6 Å². The first-order valence-electron chi connectivity index (χ1n) is 6.21. The van der Waals surface area contributed by atoms with Crippen LogP contribution in [0.1, 0.15) is 19.3 Å². The molecule has 1 atom stereocenters. The molecule has 0 aliphatic heterocycles. The van der Waals surface area contributed by atoms with Gasteiger partial charge in [-0.3, -0.25) is 13.9 Å². The number of carboxylic acids is 1. The minimum atomic E-state index is -4.40. The second-order valence-electron chi connectivity index (χ2n) is 4.79. The molecule has 21 heavy (non-hydrogen) atoms. The van der Waals surface area contributed by atoms with Crippen LogP contribution in [0.3, 0.4) is 0 Å². The molecule has 0 aromatic rings. The average Bonchev–Trinajstić information content (AvgIpc) is 2.23. The lowest BCUT2D eigenvalue weighted by atomic mass is 10.1. The van der Waals surface area contributed by atoms with Gasteiger partial charge in [-0.15, -0.1) is 0 Å². The lowest BCUT2D eigenvalue weighted by Gasteiger charge is -2.19. The highest BCUT2D eigenvalue weighted by molar-refractivity contribution is 7.53. The monoisotopic (exact) mass is 348 g/mol. The fraction of sp³-hybridized carbons (Fsp3) is 0.889. The molecule has 0 aromatic carbocycles. The van der Waals surface area contributed by atoms with Gasteiger partial charge in [0.05, 0.1) is 12.3 Å². The Morgan fingerprint density at radius 3 is 1.90 bits per heavy atom. The summed E-state index contributed by atoms with van der Waals surface area (Å²) in [6, 6.07) is -1.98. The van der Waals surface area contributed by atoms with Crippen LogP contribution in [0.15, 0.2) is 0 Å². The SMILES string of the molecule is NC(CCCCNC(CP(=O)(O)O)CP(=O)(O)O)C(=O)O. The zero-order valence-electron chi connectivity index (χ0n) is 11.3. The second-order valence-corrected chi connectivity index (χ2v) is 8.18. The fourth-order valence-corrected chi connectivity index (χ4v) is 3.55. The Morgan fingerprint density at radius 1 is 1.05 bits per heavy atom. The predicted molar refractivity (Wildman–Crippen MR) is 75.1 cm³/mol. The fourth-order valence-electron chi connectivity index (χ4n) is 1.68. The van der Waals surface area contributed by atoms with Crippen LogP contribution in [-0.2, 0) is 13.9 Å². The van der Waals surface area contributed by atoms with Gasteiger partial charge in [0, 0.05) is 6.04 Å². The lowest BCUT2D eigenvalue weighted by Crippen LogP contribution is -2.36. The highest BCUT2D eigenvalue weighted by atomic mass is 31.2. The van der Waals surface area contributed by atoms with Crippen LogP contribution < -0.4 is 11.1 Å². The van der Waals surface area contributed by atoms with E-state index >= 15 is 0 Å². The number of unbranched alkanes of at least 4 members (excludes halogenated alkanes) is 1. The smallest absolute Gasteiger partial charge is 0.327 e. The van der Waals surface area contributed by atoms with Crippen molar-refractivity contribution in [3.63, 3.8) is 0 Å². The molecule has 0 fully saturated rings. The number of nitrogens with two attached hydrogens (primary N) is 1. The molecule has 0 rings (SSSR count). The Balaban J connectivity index is 4.16. The molecule has 0 bridgehead atoms. The summed E-state index contributed by atoms with van der Waals surface area (Å²) in [5.74, 6) is -1.11. The van der Waals surface area contributed by atoms with E-state index in [1.807, 2.05) is 0 Å². The molecule has 0 saturated carbocycles. The molecular formula is C9H22N2O8P2. The van der Waals surface area contributed by atoms with Crippen molar-refractivity contribution in [1.29, 1.82) is 0 Å². The number of aliphatic carboxylic acids is 1. The van der Waals surface area contributed by atoms with Crippen LogP contribution in [0.4, 0.5) is 0 Å². The standard InChI is InChI=1S/C9H22N2O8P2/c10-8(9(12)13)3-1-2-4-11-7(5-20(14,15)16)6-21(17,18)19/h7-8,11H,1-6,10H2,(H,12,13)(H2,14,15,16)(H2,17,18,19). The molecular weight excluding hydrogens is 326 g/mol. The van der Waals surface area contributed by atoms with Gasteiger partial charge in [-0.05, 0) is 19.4 Å². The number of hydrogen-bond donors (Lipinski definition) is 7. The van der Waals surface area contributed by atoms with Crippen LogP contribution in [0, 0.1) is 0 Å². The summed E-state index contributed by atoms with van der Waals surface area (Å²) >= 11 is 0. The predicted octanol–water partition coefficient (Wildman–Crippen LogP) is -1.12. The van der Waals surface area contributed by atoms with Crippen molar-refractivity contribution in [1.82, 2.24) is 5.32 Å². The third kappa shape index (κ3) is 13.1. The normalized spacial score (nSPS) is 14.4. The Kier molecular flexibility index (Phi) is 8.84. The third-order valence-corrected chi connectivity index (χ3v) is 4.44. The van der Waals surface area contributed by atoms with Crippen molar-refractivity contribution in [3.8, 4) is 0 Å². The zero-order chi connectivity index (χ0) is 16.7. The second kappa shape index (κ2) is 8.97. The molecule has 0 amide bonds. The van der Waals surface area contributed by atoms with E-state index in [1.54, 1.807) is 0 Å². The van der Waals surface area contributed by atoms with Gasteiger partial charge < -0.3 is 35.7 Å². The van der Waals surface area contributed by atoms with Crippen LogP contribution in [0.2, 0.25) is 0 Å². The van der Waals surface area contributed by atoms with E-state index in [1.165, 1.54) is 0 Å². The van der Waals surface area contributed by atoms with Gasteiger partial charge in [-0.2, -0.15) is 0 Å². The van der Waals surface area contributed by atoms with Crippen molar-refractivity contribution in [2.24, 2.45) is 5.73 Å². The first-order valence-corrected chi connectivity index (χ1v) is 9.81. The van der Waals surface area contributed by atoms with E-state index in [9.17, 15) is 13.9 Å². The van der Waals surface area contributed by atoms with Crippen molar-refractivity contribution < 1.29 is 38.6 Å². The first kappa shape index (κ1) is 20.7. The molecule has 8 N–H and O–H groups in total. The Hall–Kier alpha value is -0.310. The highest BCUT2D eigenvalue weighted by Crippen LogP contribution is 2.40. The van der Waals surface area contributed by atoms with Crippen LogP contribution in [0.25, 0.3) is 0 Å². The molecule has 126 valence electrons. The van der Waals surface area contributed by atoms with E-state index in [-0.39, 0.29) is 13.0 Å². The third-order valence-electron chi connectivity index (χ3n) is 2.61. The van der Waals surface area contributed by atoms with Crippen molar-refractivity contribution >= 4 is 21.2 Å². The molecule has 0 spiro atoms. The Bertz CT molecular complexity index is 396. The molecule has 12 heteroatoms. The molecule has 1 unspecified atom stereocenters. The molecule has 0 heterocycles. The van der Waals surface area contributed by atoms with Crippen LogP contribution in [-0.4, -0.2) is 61.6 Å². The number of hydrogen-bond acceptors (Lipinski definition) is 5. The molecule has 0 saturated heterocycles.